The first-order chi connectivity index (χ1) is 11.8. The average Bonchev–Trinajstić information content (AvgIpc) is 2.55. The molecule has 1 fully saturated rings. The van der Waals surface area contributed by atoms with E-state index in [1.54, 1.807) is 0 Å². The summed E-state index contributed by atoms with van der Waals surface area (Å²) >= 11 is 0. The molecule has 25 heavy (non-hydrogen) atoms. The summed E-state index contributed by atoms with van der Waals surface area (Å²) in [4.78, 5) is 37.9. The maximum absolute atomic E-state index is 12.0. The Kier molecular flexibility index (Phi) is 6.17. The predicted molar refractivity (Wildman–Crippen MR) is 80.3 cm³/mol. The van der Waals surface area contributed by atoms with E-state index in [0.717, 1.165) is 4.57 Å². The first-order valence-corrected chi connectivity index (χ1v) is 7.25. The summed E-state index contributed by atoms with van der Waals surface area (Å²) in [5.41, 5.74) is 4.42. The third-order valence-corrected chi connectivity index (χ3v) is 3.36. The second-order valence-corrected chi connectivity index (χ2v) is 5.26. The van der Waals surface area contributed by atoms with Crippen LogP contribution in [0.25, 0.3) is 0 Å². The van der Waals surface area contributed by atoms with Crippen LogP contribution in [0.1, 0.15) is 12.8 Å². The topological polar surface area (TPSA) is 186 Å². The van der Waals surface area contributed by atoms with Crippen LogP contribution in [-0.2, 0) is 19.1 Å². The van der Waals surface area contributed by atoms with E-state index >= 15 is 0 Å². The van der Waals surface area contributed by atoms with Crippen molar-refractivity contribution in [3.8, 4) is 0 Å². The molecular formula is C13H18N4O8. The van der Waals surface area contributed by atoms with Gasteiger partial charge in [0.1, 0.15) is 24.1 Å². The van der Waals surface area contributed by atoms with Gasteiger partial charge in [-0.3, -0.25) is 9.59 Å². The number of nitrogens with one attached hydrogen (secondary N) is 1. The van der Waals surface area contributed by atoms with E-state index < -0.39 is 55.3 Å². The highest BCUT2D eigenvalue weighted by molar-refractivity contribution is 5.93. The van der Waals surface area contributed by atoms with E-state index in [-0.39, 0.29) is 12.4 Å². The van der Waals surface area contributed by atoms with Crippen molar-refractivity contribution in [3.05, 3.63) is 22.7 Å². The minimum absolute atomic E-state index is 0.0987. The number of aliphatic carboxylic acids is 1. The second kappa shape index (κ2) is 8.13. The van der Waals surface area contributed by atoms with Gasteiger partial charge in [-0.2, -0.15) is 4.98 Å². The Morgan fingerprint density at radius 2 is 2.24 bits per heavy atom. The standard InChI is InChI=1S/C13H18N4O8/c14-6(11(21)22)3-10(20)15-9-1-2-17(12(23)16-9)13-24-5-7(19)8(4-18)25-13/h1-2,6-8,13,18-19H,3-5,14H2,(H,21,22)(H,15,16,20,23). The zero-order valence-electron chi connectivity index (χ0n) is 12.9. The number of anilines is 1. The number of nitrogens with two attached hydrogens (primary N) is 1. The molecule has 0 aliphatic carbocycles. The molecular weight excluding hydrogens is 340 g/mol. The van der Waals surface area contributed by atoms with Crippen molar-refractivity contribution in [1.82, 2.24) is 9.55 Å². The molecule has 2 rings (SSSR count). The lowest BCUT2D eigenvalue weighted by molar-refractivity contribution is -0.293. The highest BCUT2D eigenvalue weighted by atomic mass is 16.7. The molecule has 0 spiro atoms. The van der Waals surface area contributed by atoms with Crippen molar-refractivity contribution in [2.24, 2.45) is 5.73 Å². The summed E-state index contributed by atoms with van der Waals surface area (Å²) in [6.07, 6.45) is -2.38. The molecule has 6 N–H and O–H groups in total. The quantitative estimate of drug-likeness (QED) is 0.356. The Hall–Kier alpha value is -2.38. The summed E-state index contributed by atoms with van der Waals surface area (Å²) in [5.74, 6) is -2.14. The molecule has 4 unspecified atom stereocenters. The smallest absolute Gasteiger partial charge is 0.353 e. The Labute approximate surface area is 140 Å². The molecule has 12 heteroatoms. The van der Waals surface area contributed by atoms with Crippen molar-refractivity contribution in [3.63, 3.8) is 0 Å². The molecule has 138 valence electrons. The van der Waals surface area contributed by atoms with Gasteiger partial charge in [-0.1, -0.05) is 0 Å². The molecule has 1 aliphatic rings. The van der Waals surface area contributed by atoms with Crippen LogP contribution in [0.15, 0.2) is 17.1 Å². The van der Waals surface area contributed by atoms with Gasteiger partial charge in [0.25, 0.3) is 0 Å². The molecule has 12 nitrogen and oxygen atoms in total. The van der Waals surface area contributed by atoms with E-state index in [4.69, 9.17) is 25.4 Å². The fourth-order valence-corrected chi connectivity index (χ4v) is 2.00. The van der Waals surface area contributed by atoms with E-state index in [0.29, 0.717) is 0 Å². The van der Waals surface area contributed by atoms with Crippen LogP contribution in [0.4, 0.5) is 5.82 Å². The van der Waals surface area contributed by atoms with Crippen molar-refractivity contribution in [2.75, 3.05) is 18.5 Å². The Balaban J connectivity index is 2.04. The summed E-state index contributed by atoms with van der Waals surface area (Å²) in [7, 11) is 0. The van der Waals surface area contributed by atoms with Gasteiger partial charge >= 0.3 is 11.7 Å². The number of rotatable bonds is 6. The number of aliphatic hydroxyl groups is 2. The molecule has 0 aromatic carbocycles. The first-order valence-electron chi connectivity index (χ1n) is 7.25. The predicted octanol–water partition coefficient (Wildman–Crippen LogP) is -2.79. The SMILES string of the molecule is NC(CC(=O)Nc1ccn(C2OCC(O)C(CO)O2)c(=O)n1)C(=O)O. The highest BCUT2D eigenvalue weighted by Crippen LogP contribution is 2.20. The fourth-order valence-electron chi connectivity index (χ4n) is 2.00. The number of amides is 1. The number of aromatic nitrogens is 2. The number of hydrogen-bond donors (Lipinski definition) is 5. The van der Waals surface area contributed by atoms with Gasteiger partial charge in [-0.25, -0.2) is 9.36 Å². The Morgan fingerprint density at radius 1 is 1.52 bits per heavy atom. The Bertz CT molecular complexity index is 693. The van der Waals surface area contributed by atoms with E-state index in [2.05, 4.69) is 10.3 Å². The van der Waals surface area contributed by atoms with Gasteiger partial charge in [0, 0.05) is 6.20 Å². The van der Waals surface area contributed by atoms with Crippen LogP contribution in [-0.4, -0.2) is 68.2 Å². The van der Waals surface area contributed by atoms with Crippen molar-refractivity contribution in [2.45, 2.75) is 31.1 Å². The van der Waals surface area contributed by atoms with Gasteiger partial charge in [-0.05, 0) is 6.07 Å². The monoisotopic (exact) mass is 358 g/mol. The van der Waals surface area contributed by atoms with Crippen LogP contribution >= 0.6 is 0 Å². The number of carbonyl (C=O) groups excluding carboxylic acids is 1. The molecule has 0 saturated carbocycles. The summed E-state index contributed by atoms with van der Waals surface area (Å²) in [5, 5.41) is 29.6. The van der Waals surface area contributed by atoms with Crippen LogP contribution < -0.4 is 16.7 Å². The molecule has 0 bridgehead atoms. The van der Waals surface area contributed by atoms with Crippen LogP contribution in [0.2, 0.25) is 0 Å². The molecule has 2 heterocycles. The number of aliphatic hydroxyl groups excluding tert-OH is 2. The molecule has 1 aromatic rings. The van der Waals surface area contributed by atoms with E-state index in [1.165, 1.54) is 12.3 Å². The van der Waals surface area contributed by atoms with Gasteiger partial charge in [-0.15, -0.1) is 0 Å². The van der Waals surface area contributed by atoms with Gasteiger partial charge < -0.3 is 35.8 Å². The van der Waals surface area contributed by atoms with Crippen LogP contribution in [0.3, 0.4) is 0 Å². The number of carboxylic acid groups (broad SMARTS) is 1. The lowest BCUT2D eigenvalue weighted by Gasteiger charge is -2.33. The van der Waals surface area contributed by atoms with Gasteiger partial charge in [0.15, 0.2) is 0 Å². The zero-order valence-corrected chi connectivity index (χ0v) is 12.9. The summed E-state index contributed by atoms with van der Waals surface area (Å²) < 4.78 is 11.4. The van der Waals surface area contributed by atoms with Crippen molar-refractivity contribution < 1.29 is 34.4 Å². The minimum Gasteiger partial charge on any atom is -0.480 e. The number of hydrogen-bond acceptors (Lipinski definition) is 9. The Morgan fingerprint density at radius 3 is 2.84 bits per heavy atom. The maximum Gasteiger partial charge on any atom is 0.353 e. The van der Waals surface area contributed by atoms with Gasteiger partial charge in [0.2, 0.25) is 12.3 Å². The normalized spacial score (nSPS) is 24.5. The highest BCUT2D eigenvalue weighted by Gasteiger charge is 2.31. The molecule has 0 radical (unpaired) electrons. The minimum atomic E-state index is -1.37. The zero-order chi connectivity index (χ0) is 18.6. The second-order valence-electron chi connectivity index (χ2n) is 5.26. The average molecular weight is 358 g/mol. The molecule has 1 aromatic heterocycles. The van der Waals surface area contributed by atoms with Crippen LogP contribution in [0.5, 0.6) is 0 Å². The van der Waals surface area contributed by atoms with E-state index in [1.807, 2.05) is 0 Å². The van der Waals surface area contributed by atoms with E-state index in [9.17, 15) is 19.5 Å². The fraction of sp³-hybridized carbons (Fsp3) is 0.538. The molecule has 1 amide bonds. The molecule has 4 atom stereocenters. The lowest BCUT2D eigenvalue weighted by atomic mass is 10.2. The number of nitrogens with zero attached hydrogens (tertiary/aromatic N) is 2. The first kappa shape index (κ1) is 19.0. The van der Waals surface area contributed by atoms with Crippen LogP contribution in [0, 0.1) is 0 Å². The summed E-state index contributed by atoms with van der Waals surface area (Å²) in [6.45, 7) is -0.602. The number of carbonyl (C=O) groups is 2. The van der Waals surface area contributed by atoms with Crippen molar-refractivity contribution >= 4 is 17.7 Å². The third-order valence-electron chi connectivity index (χ3n) is 3.36. The lowest BCUT2D eigenvalue weighted by Crippen LogP contribution is -2.46. The molecule has 1 saturated heterocycles. The number of carboxylic acids is 1. The van der Waals surface area contributed by atoms with Crippen molar-refractivity contribution in [1.29, 1.82) is 0 Å². The largest absolute Gasteiger partial charge is 0.480 e. The summed E-state index contributed by atoms with van der Waals surface area (Å²) in [6, 6.07) is -0.0941. The molecule has 1 aliphatic heterocycles. The maximum atomic E-state index is 12.0. The number of ether oxygens (including phenoxy) is 2. The van der Waals surface area contributed by atoms with Gasteiger partial charge in [0.05, 0.1) is 19.6 Å². The third kappa shape index (κ3) is 4.80.